The standard InChI is InChI=1S/C25H23Cl2N7O3/c26-16-4-5-21(20(27)11-16)32-25(36)31-17-3-1-2-15(10-17)23(35)19-12-18(13-33-6-8-37-9-7-33)34-22(19)24(28)29-14-30-34/h1-5,10-12,14H,6-9,13H2,(H2,28,29,30)(H2,31,32,36). The Labute approximate surface area is 222 Å². The SMILES string of the molecule is Nc1ncnn2c(CN3CCOCC3)cc(C(=O)c3cccc(NC(=O)Nc4ccc(Cl)cc4Cl)c3)c12. The molecular weight excluding hydrogens is 517 g/mol. The molecule has 1 saturated heterocycles. The van der Waals surface area contributed by atoms with Crippen LogP contribution < -0.4 is 16.4 Å². The van der Waals surface area contributed by atoms with Crippen molar-refractivity contribution >= 4 is 57.7 Å². The summed E-state index contributed by atoms with van der Waals surface area (Å²) in [6.45, 7) is 3.47. The summed E-state index contributed by atoms with van der Waals surface area (Å²) in [7, 11) is 0. The lowest BCUT2D eigenvalue weighted by Crippen LogP contribution is -2.36. The van der Waals surface area contributed by atoms with Crippen LogP contribution in [-0.4, -0.2) is 57.6 Å². The number of morpholine rings is 1. The van der Waals surface area contributed by atoms with E-state index in [4.69, 9.17) is 33.7 Å². The Bertz CT molecular complexity index is 1480. The zero-order chi connectivity index (χ0) is 25.9. The number of ketones is 1. The zero-order valence-electron chi connectivity index (χ0n) is 19.6. The number of ether oxygens (including phenoxy) is 1. The van der Waals surface area contributed by atoms with Crippen molar-refractivity contribution in [3.05, 3.63) is 81.7 Å². The number of nitrogens with zero attached hydrogens (tertiary/aromatic N) is 4. The number of nitrogen functional groups attached to an aromatic ring is 1. The average Bonchev–Trinajstić information content (AvgIpc) is 3.25. The first-order valence-electron chi connectivity index (χ1n) is 11.5. The van der Waals surface area contributed by atoms with Gasteiger partial charge in [0.05, 0.1) is 35.2 Å². The van der Waals surface area contributed by atoms with Gasteiger partial charge in [0.15, 0.2) is 11.6 Å². The van der Waals surface area contributed by atoms with Gasteiger partial charge in [-0.2, -0.15) is 5.10 Å². The van der Waals surface area contributed by atoms with E-state index in [1.807, 2.05) is 0 Å². The number of rotatable bonds is 6. The van der Waals surface area contributed by atoms with Crippen molar-refractivity contribution in [3.63, 3.8) is 0 Å². The largest absolute Gasteiger partial charge is 0.382 e. The molecule has 4 N–H and O–H groups in total. The predicted octanol–water partition coefficient (Wildman–Crippen LogP) is 4.33. The third kappa shape index (κ3) is 5.52. The molecular formula is C25H23Cl2N7O3. The number of nitrogens with two attached hydrogens (primary N) is 1. The lowest BCUT2D eigenvalue weighted by atomic mass is 10.0. The summed E-state index contributed by atoms with van der Waals surface area (Å²) in [6, 6.07) is 12.7. The second kappa shape index (κ2) is 10.7. The average molecular weight is 540 g/mol. The van der Waals surface area contributed by atoms with E-state index >= 15 is 0 Å². The number of hydrogen-bond acceptors (Lipinski definition) is 7. The van der Waals surface area contributed by atoms with Gasteiger partial charge in [-0.25, -0.2) is 14.3 Å². The van der Waals surface area contributed by atoms with E-state index in [0.717, 1.165) is 18.8 Å². The van der Waals surface area contributed by atoms with Crippen LogP contribution in [0.2, 0.25) is 10.0 Å². The number of fused-ring (bicyclic) bond motifs is 1. The van der Waals surface area contributed by atoms with Gasteiger partial charge < -0.3 is 21.1 Å². The van der Waals surface area contributed by atoms with Gasteiger partial charge in [0.2, 0.25) is 0 Å². The van der Waals surface area contributed by atoms with Gasteiger partial charge >= 0.3 is 6.03 Å². The molecule has 1 fully saturated rings. The fourth-order valence-corrected chi connectivity index (χ4v) is 4.63. The molecule has 0 unspecified atom stereocenters. The number of aromatic nitrogens is 3. The fourth-order valence-electron chi connectivity index (χ4n) is 4.18. The van der Waals surface area contributed by atoms with Crippen LogP contribution in [0.25, 0.3) is 5.52 Å². The Morgan fingerprint density at radius 3 is 2.65 bits per heavy atom. The number of nitrogens with one attached hydrogen (secondary N) is 2. The molecule has 10 nitrogen and oxygen atoms in total. The second-order valence-corrected chi connectivity index (χ2v) is 9.30. The Morgan fingerprint density at radius 1 is 1.05 bits per heavy atom. The van der Waals surface area contributed by atoms with Crippen LogP contribution in [0.5, 0.6) is 0 Å². The molecule has 1 aliphatic rings. The number of benzene rings is 2. The van der Waals surface area contributed by atoms with E-state index in [1.54, 1.807) is 47.0 Å². The van der Waals surface area contributed by atoms with Crippen molar-refractivity contribution in [3.8, 4) is 0 Å². The first kappa shape index (κ1) is 25.0. The van der Waals surface area contributed by atoms with Crippen LogP contribution in [0.15, 0.2) is 54.9 Å². The third-order valence-corrected chi connectivity index (χ3v) is 6.50. The molecule has 4 aromatic rings. The van der Waals surface area contributed by atoms with Gasteiger partial charge in [-0.05, 0) is 36.4 Å². The molecule has 2 aromatic heterocycles. The summed E-state index contributed by atoms with van der Waals surface area (Å²) >= 11 is 12.0. The summed E-state index contributed by atoms with van der Waals surface area (Å²) in [5, 5.41) is 10.5. The molecule has 0 atom stereocenters. The molecule has 190 valence electrons. The van der Waals surface area contributed by atoms with Crippen LogP contribution in [0, 0.1) is 0 Å². The maximum absolute atomic E-state index is 13.6. The summed E-state index contributed by atoms with van der Waals surface area (Å²) in [4.78, 5) is 32.5. The molecule has 0 bridgehead atoms. The smallest absolute Gasteiger partial charge is 0.323 e. The van der Waals surface area contributed by atoms with Crippen LogP contribution >= 0.6 is 23.2 Å². The van der Waals surface area contributed by atoms with Crippen LogP contribution in [0.3, 0.4) is 0 Å². The Morgan fingerprint density at radius 2 is 1.86 bits per heavy atom. The highest BCUT2D eigenvalue weighted by molar-refractivity contribution is 6.36. The number of halogens is 2. The van der Waals surface area contributed by atoms with Crippen LogP contribution in [-0.2, 0) is 11.3 Å². The summed E-state index contributed by atoms with van der Waals surface area (Å²) < 4.78 is 7.10. The van der Waals surface area contributed by atoms with E-state index in [-0.39, 0.29) is 11.6 Å². The maximum atomic E-state index is 13.6. The van der Waals surface area contributed by atoms with Gasteiger partial charge in [-0.3, -0.25) is 9.69 Å². The highest BCUT2D eigenvalue weighted by atomic mass is 35.5. The molecule has 0 saturated carbocycles. The van der Waals surface area contributed by atoms with E-state index in [1.165, 1.54) is 12.4 Å². The van der Waals surface area contributed by atoms with E-state index < -0.39 is 6.03 Å². The topological polar surface area (TPSA) is 127 Å². The number of amides is 2. The molecule has 12 heteroatoms. The van der Waals surface area contributed by atoms with Crippen molar-refractivity contribution in [2.45, 2.75) is 6.54 Å². The van der Waals surface area contributed by atoms with Crippen LogP contribution in [0.4, 0.5) is 22.0 Å². The Balaban J connectivity index is 1.39. The highest BCUT2D eigenvalue weighted by Crippen LogP contribution is 2.27. The van der Waals surface area contributed by atoms with Gasteiger partial charge in [0, 0.05) is 35.9 Å². The summed E-state index contributed by atoms with van der Waals surface area (Å²) in [5.41, 5.74) is 9.02. The van der Waals surface area contributed by atoms with E-state index in [0.29, 0.717) is 57.8 Å². The molecule has 1 aliphatic heterocycles. The lowest BCUT2D eigenvalue weighted by Gasteiger charge is -2.26. The number of hydrogen-bond donors (Lipinski definition) is 3. The molecule has 3 heterocycles. The summed E-state index contributed by atoms with van der Waals surface area (Å²) in [5.74, 6) is -0.0582. The minimum Gasteiger partial charge on any atom is -0.382 e. The third-order valence-electron chi connectivity index (χ3n) is 5.95. The second-order valence-electron chi connectivity index (χ2n) is 8.46. The maximum Gasteiger partial charge on any atom is 0.323 e. The highest BCUT2D eigenvalue weighted by Gasteiger charge is 2.22. The number of carbonyl (C=O) groups excluding carboxylic acids is 2. The molecule has 2 aromatic carbocycles. The van der Waals surface area contributed by atoms with E-state index in [2.05, 4.69) is 25.6 Å². The number of urea groups is 1. The minimum atomic E-state index is -0.520. The Kier molecular flexibility index (Phi) is 7.24. The van der Waals surface area contributed by atoms with Gasteiger partial charge in [-0.1, -0.05) is 35.3 Å². The van der Waals surface area contributed by atoms with Gasteiger partial charge in [0.25, 0.3) is 0 Å². The minimum absolute atomic E-state index is 0.208. The molecule has 0 aliphatic carbocycles. The van der Waals surface area contributed by atoms with Crippen molar-refractivity contribution in [2.24, 2.45) is 0 Å². The van der Waals surface area contributed by atoms with Crippen molar-refractivity contribution in [1.29, 1.82) is 0 Å². The molecule has 5 rings (SSSR count). The fraction of sp³-hybridized carbons (Fsp3) is 0.200. The molecule has 0 radical (unpaired) electrons. The molecule has 2 amide bonds. The number of anilines is 3. The molecule has 37 heavy (non-hydrogen) atoms. The first-order valence-corrected chi connectivity index (χ1v) is 12.2. The first-order chi connectivity index (χ1) is 17.9. The normalized spacial score (nSPS) is 14.0. The lowest BCUT2D eigenvalue weighted by molar-refractivity contribution is 0.0334. The van der Waals surface area contributed by atoms with Crippen molar-refractivity contribution in [1.82, 2.24) is 19.5 Å². The quantitative estimate of drug-likeness (QED) is 0.311. The Hall–Kier alpha value is -3.70. The zero-order valence-corrected chi connectivity index (χ0v) is 21.1. The predicted molar refractivity (Wildman–Crippen MR) is 142 cm³/mol. The summed E-state index contributed by atoms with van der Waals surface area (Å²) in [6.07, 6.45) is 1.37. The van der Waals surface area contributed by atoms with E-state index in [9.17, 15) is 9.59 Å². The molecule has 0 spiro atoms. The number of carbonyl (C=O) groups is 2. The monoisotopic (exact) mass is 539 g/mol. The van der Waals surface area contributed by atoms with Crippen molar-refractivity contribution < 1.29 is 14.3 Å². The van der Waals surface area contributed by atoms with Crippen molar-refractivity contribution in [2.75, 3.05) is 42.7 Å². The van der Waals surface area contributed by atoms with Gasteiger partial charge in [-0.15, -0.1) is 0 Å². The van der Waals surface area contributed by atoms with Gasteiger partial charge in [0.1, 0.15) is 11.8 Å². The van der Waals surface area contributed by atoms with Crippen LogP contribution in [0.1, 0.15) is 21.6 Å².